The molecule has 1 aliphatic heterocycles. The monoisotopic (exact) mass is 362 g/mol. The van der Waals surface area contributed by atoms with Crippen LogP contribution in [0, 0.1) is 5.92 Å². The molecule has 8 heteroatoms. The molecule has 25 heavy (non-hydrogen) atoms. The maximum atomic E-state index is 12.3. The lowest BCUT2D eigenvalue weighted by atomic mass is 9.96. The van der Waals surface area contributed by atoms with Gasteiger partial charge in [-0.05, 0) is 25.0 Å². The first kappa shape index (κ1) is 17.4. The third-order valence-electron chi connectivity index (χ3n) is 4.39. The molecule has 2 aromatic rings. The van der Waals surface area contributed by atoms with Crippen LogP contribution in [0.2, 0.25) is 5.02 Å². The molecule has 0 aliphatic carbocycles. The summed E-state index contributed by atoms with van der Waals surface area (Å²) in [6.07, 6.45) is 1.90. The smallest absolute Gasteiger partial charge is 0.227 e. The highest BCUT2D eigenvalue weighted by molar-refractivity contribution is 6.33. The van der Waals surface area contributed by atoms with Crippen LogP contribution in [-0.4, -0.2) is 39.9 Å². The van der Waals surface area contributed by atoms with Gasteiger partial charge in [0.25, 0.3) is 0 Å². The van der Waals surface area contributed by atoms with Gasteiger partial charge in [-0.15, -0.1) is 0 Å². The van der Waals surface area contributed by atoms with E-state index < -0.39 is 0 Å². The number of hydrogen-bond acceptors (Lipinski definition) is 5. The molecule has 0 spiro atoms. The number of aryl methyl sites for hydroxylation is 1. The molecule has 1 aromatic carbocycles. The minimum Gasteiger partial charge on any atom is -0.369 e. The lowest BCUT2D eigenvalue weighted by Crippen LogP contribution is -2.41. The summed E-state index contributed by atoms with van der Waals surface area (Å²) in [5.74, 6) is 0.411. The summed E-state index contributed by atoms with van der Waals surface area (Å²) in [4.78, 5) is 29.5. The summed E-state index contributed by atoms with van der Waals surface area (Å²) in [7, 11) is 0. The van der Waals surface area contributed by atoms with Crippen LogP contribution in [-0.2, 0) is 16.0 Å². The van der Waals surface area contributed by atoms with Crippen molar-refractivity contribution in [3.05, 3.63) is 35.2 Å². The van der Waals surface area contributed by atoms with Crippen LogP contribution >= 0.6 is 11.6 Å². The average molecular weight is 363 g/mol. The van der Waals surface area contributed by atoms with E-state index in [2.05, 4.69) is 10.1 Å². The van der Waals surface area contributed by atoms with E-state index in [4.69, 9.17) is 21.9 Å². The summed E-state index contributed by atoms with van der Waals surface area (Å²) in [5, 5.41) is 4.46. The maximum Gasteiger partial charge on any atom is 0.227 e. The Morgan fingerprint density at radius 1 is 1.28 bits per heavy atom. The van der Waals surface area contributed by atoms with Crippen LogP contribution < -0.4 is 5.73 Å². The summed E-state index contributed by atoms with van der Waals surface area (Å²) in [5.41, 5.74) is 6.00. The largest absolute Gasteiger partial charge is 0.369 e. The van der Waals surface area contributed by atoms with Crippen molar-refractivity contribution in [1.82, 2.24) is 15.0 Å². The third kappa shape index (κ3) is 4.17. The highest BCUT2D eigenvalue weighted by Crippen LogP contribution is 2.25. The number of carbonyl (C=O) groups is 2. The van der Waals surface area contributed by atoms with Crippen LogP contribution in [0.15, 0.2) is 28.8 Å². The zero-order valence-electron chi connectivity index (χ0n) is 13.7. The topological polar surface area (TPSA) is 102 Å². The van der Waals surface area contributed by atoms with Crippen LogP contribution in [0.3, 0.4) is 0 Å². The van der Waals surface area contributed by atoms with Crippen molar-refractivity contribution in [2.24, 2.45) is 11.7 Å². The number of rotatable bonds is 5. The average Bonchev–Trinajstić information content (AvgIpc) is 3.09. The highest BCUT2D eigenvalue weighted by atomic mass is 35.5. The second-order valence-electron chi connectivity index (χ2n) is 6.05. The van der Waals surface area contributed by atoms with Gasteiger partial charge in [-0.2, -0.15) is 4.98 Å². The van der Waals surface area contributed by atoms with E-state index in [1.807, 2.05) is 18.2 Å². The Hall–Kier alpha value is -2.41. The maximum absolute atomic E-state index is 12.3. The SMILES string of the molecule is NC(=O)C1CCN(C(=O)CCc2nc(-c3ccccc3Cl)no2)CC1. The van der Waals surface area contributed by atoms with E-state index in [1.54, 1.807) is 11.0 Å². The standard InChI is InChI=1S/C17H19ClN4O3/c18-13-4-2-1-3-12(13)17-20-14(25-21-17)5-6-15(23)22-9-7-11(8-10-22)16(19)24/h1-4,11H,5-10H2,(H2,19,24). The third-order valence-corrected chi connectivity index (χ3v) is 4.72. The number of amides is 2. The number of nitrogens with two attached hydrogens (primary N) is 1. The Bertz CT molecular complexity index is 769. The van der Waals surface area contributed by atoms with E-state index in [0.29, 0.717) is 54.7 Å². The molecule has 132 valence electrons. The normalized spacial score (nSPS) is 15.3. The quantitative estimate of drug-likeness (QED) is 0.876. The van der Waals surface area contributed by atoms with Crippen molar-refractivity contribution < 1.29 is 14.1 Å². The summed E-state index contributed by atoms with van der Waals surface area (Å²) < 4.78 is 5.21. The van der Waals surface area contributed by atoms with Crippen molar-refractivity contribution in [3.8, 4) is 11.4 Å². The first-order chi connectivity index (χ1) is 12.0. The van der Waals surface area contributed by atoms with Crippen LogP contribution in [0.25, 0.3) is 11.4 Å². The molecule has 2 N–H and O–H groups in total. The van der Waals surface area contributed by atoms with E-state index >= 15 is 0 Å². The molecule has 0 atom stereocenters. The molecule has 2 amide bonds. The summed E-state index contributed by atoms with van der Waals surface area (Å²) in [6, 6.07) is 7.24. The second kappa shape index (κ2) is 7.65. The van der Waals surface area contributed by atoms with Gasteiger partial charge in [-0.3, -0.25) is 9.59 Å². The Balaban J connectivity index is 1.53. The highest BCUT2D eigenvalue weighted by Gasteiger charge is 2.26. The molecular formula is C17H19ClN4O3. The number of halogens is 1. The number of nitrogens with zero attached hydrogens (tertiary/aromatic N) is 3. The van der Waals surface area contributed by atoms with E-state index in [0.717, 1.165) is 0 Å². The van der Waals surface area contributed by atoms with Crippen molar-refractivity contribution in [2.75, 3.05) is 13.1 Å². The number of hydrogen-bond donors (Lipinski definition) is 1. The van der Waals surface area contributed by atoms with Crippen LogP contribution in [0.1, 0.15) is 25.2 Å². The summed E-state index contributed by atoms with van der Waals surface area (Å²) >= 11 is 6.12. The van der Waals surface area contributed by atoms with Crippen LogP contribution in [0.5, 0.6) is 0 Å². The Labute approximate surface area is 150 Å². The fraction of sp³-hybridized carbons (Fsp3) is 0.412. The van der Waals surface area contributed by atoms with Gasteiger partial charge < -0.3 is 15.2 Å². The van der Waals surface area contributed by atoms with Crippen LogP contribution in [0.4, 0.5) is 0 Å². The fourth-order valence-corrected chi connectivity index (χ4v) is 3.11. The van der Waals surface area contributed by atoms with Gasteiger partial charge in [0.2, 0.25) is 23.5 Å². The molecule has 0 bridgehead atoms. The zero-order valence-corrected chi connectivity index (χ0v) is 14.4. The molecule has 0 radical (unpaired) electrons. The zero-order chi connectivity index (χ0) is 17.8. The molecular weight excluding hydrogens is 344 g/mol. The number of primary amides is 1. The molecule has 1 fully saturated rings. The molecule has 3 rings (SSSR count). The van der Waals surface area contributed by atoms with E-state index in [1.165, 1.54) is 0 Å². The molecule has 2 heterocycles. The van der Waals surface area contributed by atoms with E-state index in [-0.39, 0.29) is 24.2 Å². The summed E-state index contributed by atoms with van der Waals surface area (Å²) in [6.45, 7) is 1.11. The lowest BCUT2D eigenvalue weighted by molar-refractivity contribution is -0.134. The minimum absolute atomic E-state index is 0.0143. The Morgan fingerprint density at radius 3 is 2.68 bits per heavy atom. The predicted molar refractivity (Wildman–Crippen MR) is 91.6 cm³/mol. The van der Waals surface area contributed by atoms with Gasteiger partial charge in [-0.1, -0.05) is 28.9 Å². The van der Waals surface area contributed by atoms with Crippen molar-refractivity contribution in [2.45, 2.75) is 25.7 Å². The number of likely N-dealkylation sites (tertiary alicyclic amines) is 1. The number of benzene rings is 1. The van der Waals surface area contributed by atoms with E-state index in [9.17, 15) is 9.59 Å². The molecule has 7 nitrogen and oxygen atoms in total. The molecule has 1 aliphatic rings. The molecule has 1 saturated heterocycles. The van der Waals surface area contributed by atoms with Gasteiger partial charge >= 0.3 is 0 Å². The minimum atomic E-state index is -0.287. The fourth-order valence-electron chi connectivity index (χ4n) is 2.89. The van der Waals surface area contributed by atoms with Gasteiger partial charge in [0.05, 0.1) is 5.02 Å². The van der Waals surface area contributed by atoms with Crippen molar-refractivity contribution in [1.29, 1.82) is 0 Å². The van der Waals surface area contributed by atoms with Gasteiger partial charge in [0.15, 0.2) is 0 Å². The van der Waals surface area contributed by atoms with Gasteiger partial charge in [-0.25, -0.2) is 0 Å². The first-order valence-electron chi connectivity index (χ1n) is 8.19. The Kier molecular flexibility index (Phi) is 5.33. The van der Waals surface area contributed by atoms with Gasteiger partial charge in [0, 0.05) is 37.4 Å². The number of carbonyl (C=O) groups excluding carboxylic acids is 2. The van der Waals surface area contributed by atoms with Crippen molar-refractivity contribution >= 4 is 23.4 Å². The van der Waals surface area contributed by atoms with Gasteiger partial charge in [0.1, 0.15) is 0 Å². The lowest BCUT2D eigenvalue weighted by Gasteiger charge is -2.30. The molecule has 0 saturated carbocycles. The second-order valence-corrected chi connectivity index (χ2v) is 6.46. The molecule has 0 unspecified atom stereocenters. The molecule has 1 aromatic heterocycles. The first-order valence-corrected chi connectivity index (χ1v) is 8.57. The Morgan fingerprint density at radius 2 is 2.00 bits per heavy atom. The predicted octanol–water partition coefficient (Wildman–Crippen LogP) is 2.05. The van der Waals surface area contributed by atoms with Crippen molar-refractivity contribution in [3.63, 3.8) is 0 Å². The number of piperidine rings is 1. The number of aromatic nitrogens is 2.